The van der Waals surface area contributed by atoms with E-state index in [2.05, 4.69) is 22.1 Å². The van der Waals surface area contributed by atoms with Crippen molar-refractivity contribution in [1.82, 2.24) is 15.2 Å². The van der Waals surface area contributed by atoms with E-state index in [9.17, 15) is 4.39 Å². The molecule has 122 valence electrons. The van der Waals surface area contributed by atoms with Crippen LogP contribution in [-0.4, -0.2) is 35.6 Å². The van der Waals surface area contributed by atoms with Crippen molar-refractivity contribution in [2.24, 2.45) is 0 Å². The Bertz CT molecular complexity index is 594. The topological polar surface area (TPSA) is 41.3 Å². The highest BCUT2D eigenvalue weighted by atomic mass is 35.5. The number of benzene rings is 1. The van der Waals surface area contributed by atoms with E-state index in [1.165, 1.54) is 6.07 Å². The van der Waals surface area contributed by atoms with E-state index in [1.807, 2.05) is 0 Å². The van der Waals surface area contributed by atoms with Gasteiger partial charge in [-0.25, -0.2) is 9.37 Å². The fraction of sp³-hybridized carbons (Fsp3) is 0.400. The number of oxazole rings is 1. The van der Waals surface area contributed by atoms with Gasteiger partial charge in [-0.3, -0.25) is 4.90 Å². The van der Waals surface area contributed by atoms with Crippen LogP contribution in [0.5, 0.6) is 0 Å². The van der Waals surface area contributed by atoms with Crippen molar-refractivity contribution in [2.45, 2.75) is 19.5 Å². The van der Waals surface area contributed by atoms with Crippen molar-refractivity contribution in [2.75, 3.05) is 19.6 Å². The highest BCUT2D eigenvalue weighted by molar-refractivity contribution is 5.85. The number of rotatable bonds is 3. The van der Waals surface area contributed by atoms with Gasteiger partial charge < -0.3 is 9.73 Å². The molecule has 0 spiro atoms. The summed E-state index contributed by atoms with van der Waals surface area (Å²) in [7, 11) is 0. The van der Waals surface area contributed by atoms with Gasteiger partial charge in [0.1, 0.15) is 5.82 Å². The highest BCUT2D eigenvalue weighted by Crippen LogP contribution is 2.24. The lowest BCUT2D eigenvalue weighted by atomic mass is 10.2. The molecule has 1 aliphatic heterocycles. The van der Waals surface area contributed by atoms with Crippen LogP contribution < -0.4 is 5.32 Å². The minimum Gasteiger partial charge on any atom is -0.439 e. The Kier molecular flexibility index (Phi) is 7.29. The SMILES string of the molecule is C[C@H]1CNCCN1Cc1ncc(-c2ccccc2F)o1.Cl.Cl. The zero-order valence-electron chi connectivity index (χ0n) is 12.3. The molecule has 1 aromatic carbocycles. The van der Waals surface area contributed by atoms with Crippen LogP contribution in [0.2, 0.25) is 0 Å². The largest absolute Gasteiger partial charge is 0.439 e. The molecule has 0 amide bonds. The van der Waals surface area contributed by atoms with Gasteiger partial charge in [0.05, 0.1) is 18.3 Å². The first kappa shape index (κ1) is 18.9. The quantitative estimate of drug-likeness (QED) is 0.926. The number of aromatic nitrogens is 1. The molecule has 0 aliphatic carbocycles. The molecule has 7 heteroatoms. The fourth-order valence-electron chi connectivity index (χ4n) is 2.46. The molecule has 0 unspecified atom stereocenters. The molecule has 1 N–H and O–H groups in total. The second-order valence-electron chi connectivity index (χ2n) is 5.12. The Hall–Kier alpha value is -1.14. The standard InChI is InChI=1S/C15H18FN3O.2ClH/c1-11-8-17-6-7-19(11)10-15-18-9-14(20-15)12-4-2-3-5-13(12)16;;/h2-5,9,11,17H,6-8,10H2,1H3;2*1H/t11-;;/m0../s1. The lowest BCUT2D eigenvalue weighted by Crippen LogP contribution is -2.49. The van der Waals surface area contributed by atoms with Crippen molar-refractivity contribution in [3.8, 4) is 11.3 Å². The normalized spacial score (nSPS) is 18.4. The van der Waals surface area contributed by atoms with Gasteiger partial charge >= 0.3 is 0 Å². The van der Waals surface area contributed by atoms with E-state index in [-0.39, 0.29) is 30.6 Å². The third-order valence-electron chi connectivity index (χ3n) is 3.67. The maximum Gasteiger partial charge on any atom is 0.209 e. The molecule has 1 atom stereocenters. The van der Waals surface area contributed by atoms with Gasteiger partial charge in [-0.1, -0.05) is 12.1 Å². The van der Waals surface area contributed by atoms with E-state index in [4.69, 9.17) is 4.42 Å². The monoisotopic (exact) mass is 347 g/mol. The predicted octanol–water partition coefficient (Wildman–Crippen LogP) is 3.12. The minimum atomic E-state index is -0.286. The molecule has 0 bridgehead atoms. The Morgan fingerprint density at radius 2 is 2.14 bits per heavy atom. The van der Waals surface area contributed by atoms with Crippen LogP contribution in [0.1, 0.15) is 12.8 Å². The minimum absolute atomic E-state index is 0. The molecule has 1 saturated heterocycles. The number of hydrogen-bond acceptors (Lipinski definition) is 4. The van der Waals surface area contributed by atoms with E-state index < -0.39 is 0 Å². The molecular formula is C15H20Cl2FN3O. The van der Waals surface area contributed by atoms with Crippen LogP contribution in [-0.2, 0) is 6.54 Å². The van der Waals surface area contributed by atoms with Gasteiger partial charge in [-0.15, -0.1) is 24.8 Å². The molecule has 0 radical (unpaired) electrons. The lowest BCUT2D eigenvalue weighted by Gasteiger charge is -2.32. The van der Waals surface area contributed by atoms with Crippen molar-refractivity contribution in [3.05, 3.63) is 42.2 Å². The molecule has 3 rings (SSSR count). The second kappa shape index (κ2) is 8.48. The smallest absolute Gasteiger partial charge is 0.209 e. The summed E-state index contributed by atoms with van der Waals surface area (Å²) in [4.78, 5) is 6.58. The summed E-state index contributed by atoms with van der Waals surface area (Å²) in [6, 6.07) is 7.04. The molecule has 1 fully saturated rings. The Labute approximate surface area is 141 Å². The molecule has 2 heterocycles. The van der Waals surface area contributed by atoms with Crippen LogP contribution in [0.25, 0.3) is 11.3 Å². The number of halogens is 3. The van der Waals surface area contributed by atoms with Crippen LogP contribution in [0, 0.1) is 5.82 Å². The van der Waals surface area contributed by atoms with Gasteiger partial charge in [-0.2, -0.15) is 0 Å². The maximum atomic E-state index is 13.7. The molecule has 0 saturated carbocycles. The van der Waals surface area contributed by atoms with Gasteiger partial charge in [0.15, 0.2) is 5.76 Å². The highest BCUT2D eigenvalue weighted by Gasteiger charge is 2.20. The van der Waals surface area contributed by atoms with Crippen LogP contribution in [0.3, 0.4) is 0 Å². The van der Waals surface area contributed by atoms with Crippen molar-refractivity contribution < 1.29 is 8.81 Å². The van der Waals surface area contributed by atoms with Crippen LogP contribution in [0.4, 0.5) is 4.39 Å². The summed E-state index contributed by atoms with van der Waals surface area (Å²) in [6.07, 6.45) is 1.60. The number of piperazine rings is 1. The summed E-state index contributed by atoms with van der Waals surface area (Å²) in [5, 5.41) is 3.35. The van der Waals surface area contributed by atoms with E-state index >= 15 is 0 Å². The average Bonchev–Trinajstić information content (AvgIpc) is 2.90. The molecular weight excluding hydrogens is 328 g/mol. The van der Waals surface area contributed by atoms with E-state index in [1.54, 1.807) is 24.4 Å². The molecule has 4 nitrogen and oxygen atoms in total. The van der Waals surface area contributed by atoms with Crippen molar-refractivity contribution >= 4 is 24.8 Å². The maximum absolute atomic E-state index is 13.7. The Morgan fingerprint density at radius 1 is 1.36 bits per heavy atom. The van der Waals surface area contributed by atoms with Gasteiger partial charge in [0.25, 0.3) is 0 Å². The summed E-state index contributed by atoms with van der Waals surface area (Å²) < 4.78 is 19.4. The van der Waals surface area contributed by atoms with Gasteiger partial charge in [-0.05, 0) is 19.1 Å². The zero-order chi connectivity index (χ0) is 13.9. The third-order valence-corrected chi connectivity index (χ3v) is 3.67. The number of nitrogens with one attached hydrogen (secondary N) is 1. The Balaban J connectivity index is 0.00000121. The van der Waals surface area contributed by atoms with Crippen molar-refractivity contribution in [3.63, 3.8) is 0 Å². The Morgan fingerprint density at radius 3 is 2.86 bits per heavy atom. The van der Waals surface area contributed by atoms with Crippen molar-refractivity contribution in [1.29, 1.82) is 0 Å². The first-order chi connectivity index (χ1) is 9.74. The van der Waals surface area contributed by atoms with E-state index in [0.717, 1.165) is 19.6 Å². The lowest BCUT2D eigenvalue weighted by molar-refractivity contribution is 0.151. The van der Waals surface area contributed by atoms with Crippen LogP contribution >= 0.6 is 24.8 Å². The summed E-state index contributed by atoms with van der Waals surface area (Å²) >= 11 is 0. The number of hydrogen-bond donors (Lipinski definition) is 1. The fourth-order valence-corrected chi connectivity index (χ4v) is 2.46. The molecule has 1 aromatic heterocycles. The van der Waals surface area contributed by atoms with Gasteiger partial charge in [0.2, 0.25) is 5.89 Å². The summed E-state index contributed by atoms with van der Waals surface area (Å²) in [5.41, 5.74) is 0.458. The summed E-state index contributed by atoms with van der Waals surface area (Å²) in [5.74, 6) is 0.837. The third kappa shape index (κ3) is 4.20. The predicted molar refractivity (Wildman–Crippen MR) is 89.1 cm³/mol. The first-order valence-corrected chi connectivity index (χ1v) is 6.88. The van der Waals surface area contributed by atoms with Gasteiger partial charge in [0, 0.05) is 25.7 Å². The number of nitrogens with zero attached hydrogens (tertiary/aromatic N) is 2. The average molecular weight is 348 g/mol. The van der Waals surface area contributed by atoms with Crippen LogP contribution in [0.15, 0.2) is 34.9 Å². The molecule has 1 aliphatic rings. The zero-order valence-corrected chi connectivity index (χ0v) is 13.9. The second-order valence-corrected chi connectivity index (χ2v) is 5.12. The molecule has 2 aromatic rings. The van der Waals surface area contributed by atoms with E-state index in [0.29, 0.717) is 29.8 Å². The summed E-state index contributed by atoms with van der Waals surface area (Å²) in [6.45, 7) is 5.76. The molecule has 22 heavy (non-hydrogen) atoms. The first-order valence-electron chi connectivity index (χ1n) is 6.88.